The summed E-state index contributed by atoms with van der Waals surface area (Å²) in [5.74, 6) is 0.956. The monoisotopic (exact) mass is 449 g/mol. The highest BCUT2D eigenvalue weighted by Gasteiger charge is 2.43. The summed E-state index contributed by atoms with van der Waals surface area (Å²) in [6, 6.07) is 9.54. The van der Waals surface area contributed by atoms with Crippen molar-refractivity contribution in [1.82, 2.24) is 25.2 Å². The largest absolute Gasteiger partial charge is 0.353 e. The van der Waals surface area contributed by atoms with E-state index in [-0.39, 0.29) is 11.3 Å². The van der Waals surface area contributed by atoms with Crippen LogP contribution >= 0.6 is 0 Å². The van der Waals surface area contributed by atoms with E-state index in [2.05, 4.69) is 71.8 Å². The maximum Gasteiger partial charge on any atom is 0.224 e. The maximum atomic E-state index is 13.0. The van der Waals surface area contributed by atoms with Crippen molar-refractivity contribution in [3.8, 4) is 11.3 Å². The molecule has 0 radical (unpaired) electrons. The van der Waals surface area contributed by atoms with Gasteiger partial charge in [0.1, 0.15) is 5.69 Å². The number of amides is 1. The highest BCUT2D eigenvalue weighted by molar-refractivity contribution is 5.79. The van der Waals surface area contributed by atoms with E-state index in [0.717, 1.165) is 56.6 Å². The Hall–Kier alpha value is -2.21. The smallest absolute Gasteiger partial charge is 0.224 e. The van der Waals surface area contributed by atoms with Gasteiger partial charge >= 0.3 is 0 Å². The van der Waals surface area contributed by atoms with Crippen LogP contribution in [0.25, 0.3) is 11.3 Å². The van der Waals surface area contributed by atoms with Crippen molar-refractivity contribution < 1.29 is 4.79 Å². The molecule has 6 nitrogen and oxygen atoms in total. The van der Waals surface area contributed by atoms with E-state index in [1.54, 1.807) is 0 Å². The summed E-state index contributed by atoms with van der Waals surface area (Å²) in [6.07, 6.45) is 10.4. The van der Waals surface area contributed by atoms with Gasteiger partial charge in [0.05, 0.1) is 18.7 Å². The van der Waals surface area contributed by atoms with Crippen LogP contribution in [0.1, 0.15) is 71.3 Å². The van der Waals surface area contributed by atoms with Gasteiger partial charge < -0.3 is 5.32 Å². The third kappa shape index (κ3) is 5.01. The van der Waals surface area contributed by atoms with Crippen LogP contribution < -0.4 is 5.32 Å². The predicted octanol–water partition coefficient (Wildman–Crippen LogP) is 4.40. The number of carbonyl (C=O) groups is 1. The van der Waals surface area contributed by atoms with Gasteiger partial charge in [-0.25, -0.2) is 0 Å². The van der Waals surface area contributed by atoms with Crippen molar-refractivity contribution in [2.24, 2.45) is 11.8 Å². The topological polar surface area (TPSA) is 63.1 Å². The summed E-state index contributed by atoms with van der Waals surface area (Å²) in [7, 11) is 0. The van der Waals surface area contributed by atoms with Gasteiger partial charge in [-0.1, -0.05) is 69.5 Å². The van der Waals surface area contributed by atoms with Crippen molar-refractivity contribution >= 4 is 5.91 Å². The molecule has 1 N–H and O–H groups in total. The van der Waals surface area contributed by atoms with Gasteiger partial charge in [-0.15, -0.1) is 5.10 Å². The molecule has 4 heterocycles. The molecule has 0 spiro atoms. The van der Waals surface area contributed by atoms with Gasteiger partial charge in [0.25, 0.3) is 0 Å². The minimum atomic E-state index is 0.149. The fourth-order valence-electron chi connectivity index (χ4n) is 6.06. The van der Waals surface area contributed by atoms with E-state index in [9.17, 15) is 4.79 Å². The Morgan fingerprint density at radius 1 is 1.09 bits per heavy atom. The molecule has 2 aromatic rings. The van der Waals surface area contributed by atoms with Gasteiger partial charge in [0.2, 0.25) is 5.91 Å². The number of hydrogen-bond donors (Lipinski definition) is 1. The molecule has 4 fully saturated rings. The molecule has 1 amide bonds. The highest BCUT2D eigenvalue weighted by atomic mass is 16.2. The number of piperidine rings is 3. The van der Waals surface area contributed by atoms with Crippen LogP contribution in [0.15, 0.2) is 30.5 Å². The van der Waals surface area contributed by atoms with E-state index < -0.39 is 0 Å². The van der Waals surface area contributed by atoms with Gasteiger partial charge in [0.15, 0.2) is 0 Å². The zero-order valence-corrected chi connectivity index (χ0v) is 20.5. The predicted molar refractivity (Wildman–Crippen MR) is 131 cm³/mol. The quantitative estimate of drug-likeness (QED) is 0.735. The fraction of sp³-hybridized carbons (Fsp3) is 0.667. The molecule has 4 aliphatic rings. The second-order valence-electron chi connectivity index (χ2n) is 11.5. The molecule has 4 atom stereocenters. The molecule has 1 aromatic heterocycles. The second kappa shape index (κ2) is 9.21. The maximum absolute atomic E-state index is 13.0. The zero-order valence-electron chi connectivity index (χ0n) is 20.5. The lowest BCUT2D eigenvalue weighted by atomic mass is 9.75. The van der Waals surface area contributed by atoms with Crippen molar-refractivity contribution in [2.75, 3.05) is 13.1 Å². The molecule has 6 heteroatoms. The summed E-state index contributed by atoms with van der Waals surface area (Å²) in [4.78, 5) is 15.5. The zero-order chi connectivity index (χ0) is 23.0. The fourth-order valence-corrected chi connectivity index (χ4v) is 6.06. The molecule has 33 heavy (non-hydrogen) atoms. The number of nitrogens with zero attached hydrogens (tertiary/aromatic N) is 4. The summed E-state index contributed by atoms with van der Waals surface area (Å²) in [5.41, 5.74) is 3.51. The van der Waals surface area contributed by atoms with Crippen molar-refractivity contribution in [3.63, 3.8) is 0 Å². The number of aromatic nitrogens is 3. The average Bonchev–Trinajstić information content (AvgIpc) is 3.28. The number of carbonyl (C=O) groups excluding carboxylic acids is 1. The normalized spacial score (nSPS) is 28.1. The molecule has 1 saturated carbocycles. The van der Waals surface area contributed by atoms with Gasteiger partial charge in [0, 0.05) is 24.2 Å². The first-order valence-electron chi connectivity index (χ1n) is 12.9. The van der Waals surface area contributed by atoms with Crippen LogP contribution in [0.2, 0.25) is 0 Å². The lowest BCUT2D eigenvalue weighted by Crippen LogP contribution is -2.58. The SMILES string of the molecule is CC(C)(C)c1ccc(-c2cn(C[C@H]3C[C@H]4CCN3C[C@@H]4C(=O)NC3CCCCC3)nn2)cc1. The minimum Gasteiger partial charge on any atom is -0.353 e. The summed E-state index contributed by atoms with van der Waals surface area (Å²) in [6.45, 7) is 9.53. The van der Waals surface area contributed by atoms with Crippen LogP contribution in [-0.2, 0) is 16.8 Å². The standard InChI is InChI=1S/C27H39N5O/c1-27(2,3)21-11-9-19(10-12-21)25-18-32(30-29-25)16-23-15-20-13-14-31(23)17-24(20)26(33)28-22-7-5-4-6-8-22/h9-12,18,20,22-24H,4-8,13-17H2,1-3H3,(H,28,33)/t20-,23-,24+/m1/s1. The van der Waals surface area contributed by atoms with Crippen LogP contribution in [-0.4, -0.2) is 51.0 Å². The summed E-state index contributed by atoms with van der Waals surface area (Å²) >= 11 is 0. The van der Waals surface area contributed by atoms with E-state index in [4.69, 9.17) is 0 Å². The first-order chi connectivity index (χ1) is 15.9. The Bertz CT molecular complexity index is 954. The molecule has 1 aliphatic carbocycles. The van der Waals surface area contributed by atoms with Crippen LogP contribution in [0, 0.1) is 11.8 Å². The van der Waals surface area contributed by atoms with Gasteiger partial charge in [-0.2, -0.15) is 0 Å². The van der Waals surface area contributed by atoms with Gasteiger partial charge in [-0.05, 0) is 49.1 Å². The Kier molecular flexibility index (Phi) is 6.30. The van der Waals surface area contributed by atoms with E-state index >= 15 is 0 Å². The minimum absolute atomic E-state index is 0.149. The number of hydrogen-bond acceptors (Lipinski definition) is 4. The molecular formula is C27H39N5O. The molecule has 3 saturated heterocycles. The number of nitrogens with one attached hydrogen (secondary N) is 1. The molecule has 2 bridgehead atoms. The third-order valence-corrected chi connectivity index (χ3v) is 8.15. The molecule has 1 unspecified atom stereocenters. The summed E-state index contributed by atoms with van der Waals surface area (Å²) in [5, 5.41) is 12.3. The third-order valence-electron chi connectivity index (χ3n) is 8.15. The summed E-state index contributed by atoms with van der Waals surface area (Å²) < 4.78 is 2.00. The number of fused-ring (bicyclic) bond motifs is 3. The molecule has 3 aliphatic heterocycles. The van der Waals surface area contributed by atoms with Crippen LogP contribution in [0.5, 0.6) is 0 Å². The lowest BCUT2D eigenvalue weighted by molar-refractivity contribution is -0.134. The Morgan fingerprint density at radius 2 is 1.85 bits per heavy atom. The Balaban J connectivity index is 1.19. The van der Waals surface area contributed by atoms with Gasteiger partial charge in [-0.3, -0.25) is 14.4 Å². The van der Waals surface area contributed by atoms with E-state index in [0.29, 0.717) is 23.9 Å². The van der Waals surface area contributed by atoms with Crippen LogP contribution in [0.4, 0.5) is 0 Å². The number of benzene rings is 1. The molecule has 178 valence electrons. The molecule has 6 rings (SSSR count). The van der Waals surface area contributed by atoms with Crippen LogP contribution in [0.3, 0.4) is 0 Å². The number of rotatable bonds is 5. The molecule has 1 aromatic carbocycles. The van der Waals surface area contributed by atoms with Crippen molar-refractivity contribution in [1.29, 1.82) is 0 Å². The second-order valence-corrected chi connectivity index (χ2v) is 11.5. The average molecular weight is 450 g/mol. The highest BCUT2D eigenvalue weighted by Crippen LogP contribution is 2.37. The Labute approximate surface area is 198 Å². The molecular weight excluding hydrogens is 410 g/mol. The Morgan fingerprint density at radius 3 is 2.52 bits per heavy atom. The van der Waals surface area contributed by atoms with E-state index in [1.165, 1.54) is 24.8 Å². The van der Waals surface area contributed by atoms with Crippen molar-refractivity contribution in [2.45, 2.75) is 89.8 Å². The van der Waals surface area contributed by atoms with E-state index in [1.807, 2.05) is 4.68 Å². The first-order valence-corrected chi connectivity index (χ1v) is 12.9. The lowest BCUT2D eigenvalue weighted by Gasteiger charge is -2.49. The van der Waals surface area contributed by atoms with Crippen molar-refractivity contribution in [3.05, 3.63) is 36.0 Å². The first kappa shape index (κ1) is 22.6.